The molecule has 1 atom stereocenters. The molecule has 0 heterocycles. The van der Waals surface area contributed by atoms with Crippen molar-refractivity contribution >= 4 is 13.5 Å². The number of alkyl halides is 6. The van der Waals surface area contributed by atoms with E-state index in [4.69, 9.17) is 14.0 Å². The Bertz CT molecular complexity index is 1400. The summed E-state index contributed by atoms with van der Waals surface area (Å²) in [5.41, 5.74) is -2.80. The highest BCUT2D eigenvalue weighted by atomic mass is 31.2. The average molecular weight is 710 g/mol. The highest BCUT2D eigenvalue weighted by molar-refractivity contribution is 7.62. The zero-order valence-electron chi connectivity index (χ0n) is 29.5. The van der Waals surface area contributed by atoms with Crippen LogP contribution in [0.1, 0.15) is 104 Å². The molecular weight excluding hydrogens is 659 g/mol. The third kappa shape index (κ3) is 12.0. The van der Waals surface area contributed by atoms with Crippen molar-refractivity contribution in [1.29, 1.82) is 0 Å². The SMILES string of the molecule is CC(C)(C)OC(=O)N[C@](C)(CCc1ccc(OCCCc2ccc(C(F)(F)F)cc2)c(C(F)(F)F)c1)COP(=O)(C(C)(C)C)C(C)(C)C. The van der Waals surface area contributed by atoms with Crippen molar-refractivity contribution in [3.8, 4) is 5.75 Å². The van der Waals surface area contributed by atoms with Gasteiger partial charge < -0.3 is 19.3 Å². The monoisotopic (exact) mass is 709 g/mol. The molecule has 0 radical (unpaired) electrons. The molecule has 13 heteroatoms. The van der Waals surface area contributed by atoms with E-state index in [1.165, 1.54) is 24.3 Å². The highest BCUT2D eigenvalue weighted by Gasteiger charge is 2.49. The Balaban J connectivity index is 2.23. The Morgan fingerprint density at radius 3 is 1.77 bits per heavy atom. The number of rotatable bonds is 12. The Kier molecular flexibility index (Phi) is 13.0. The molecular formula is C35H50F6NO5P. The number of halogens is 6. The van der Waals surface area contributed by atoms with Crippen LogP contribution in [0.5, 0.6) is 5.75 Å². The summed E-state index contributed by atoms with van der Waals surface area (Å²) in [5, 5.41) is 1.34. The highest BCUT2D eigenvalue weighted by Crippen LogP contribution is 2.67. The Hall–Kier alpha value is -2.72. The van der Waals surface area contributed by atoms with E-state index in [0.717, 1.165) is 18.2 Å². The molecule has 0 aromatic heterocycles. The molecule has 2 aromatic rings. The fourth-order valence-electron chi connectivity index (χ4n) is 5.17. The van der Waals surface area contributed by atoms with Gasteiger partial charge in [0.15, 0.2) is 0 Å². The summed E-state index contributed by atoms with van der Waals surface area (Å²) in [4.78, 5) is 12.8. The van der Waals surface area contributed by atoms with Gasteiger partial charge in [-0.05, 0) is 88.8 Å². The van der Waals surface area contributed by atoms with Crippen molar-refractivity contribution in [2.24, 2.45) is 0 Å². The minimum atomic E-state index is -4.73. The van der Waals surface area contributed by atoms with E-state index in [2.05, 4.69) is 5.32 Å². The first kappa shape index (κ1) is 41.5. The van der Waals surface area contributed by atoms with E-state index in [-0.39, 0.29) is 38.2 Å². The molecule has 0 unspecified atom stereocenters. The molecule has 0 saturated carbocycles. The minimum absolute atomic E-state index is 0.0831. The van der Waals surface area contributed by atoms with Gasteiger partial charge in [0, 0.05) is 10.3 Å². The third-order valence-electron chi connectivity index (χ3n) is 7.60. The second-order valence-electron chi connectivity index (χ2n) is 15.3. The van der Waals surface area contributed by atoms with Crippen LogP contribution in [0.25, 0.3) is 0 Å². The molecule has 0 fully saturated rings. The molecule has 0 aliphatic carbocycles. The molecule has 6 nitrogen and oxygen atoms in total. The van der Waals surface area contributed by atoms with Crippen molar-refractivity contribution < 1.29 is 49.7 Å². The lowest BCUT2D eigenvalue weighted by Gasteiger charge is -2.42. The average Bonchev–Trinajstić information content (AvgIpc) is 2.90. The zero-order chi connectivity index (χ0) is 37.0. The first-order chi connectivity index (χ1) is 21.6. The number of ether oxygens (including phenoxy) is 2. The van der Waals surface area contributed by atoms with Crippen LogP contribution in [-0.2, 0) is 39.0 Å². The fourth-order valence-corrected chi connectivity index (χ4v) is 8.42. The topological polar surface area (TPSA) is 73.9 Å². The summed E-state index contributed by atoms with van der Waals surface area (Å²) >= 11 is 0. The number of nitrogens with one attached hydrogen (secondary N) is 1. The van der Waals surface area contributed by atoms with E-state index in [1.807, 2.05) is 41.5 Å². The summed E-state index contributed by atoms with van der Waals surface area (Å²) in [6.45, 7) is 17.4. The van der Waals surface area contributed by atoms with Gasteiger partial charge in [0.05, 0.1) is 29.9 Å². The maximum absolute atomic E-state index is 14.2. The minimum Gasteiger partial charge on any atom is -0.493 e. The van der Waals surface area contributed by atoms with Crippen LogP contribution in [0.2, 0.25) is 0 Å². The number of benzene rings is 2. The van der Waals surface area contributed by atoms with E-state index in [9.17, 15) is 35.7 Å². The van der Waals surface area contributed by atoms with Crippen LogP contribution in [0.3, 0.4) is 0 Å². The van der Waals surface area contributed by atoms with E-state index < -0.39 is 58.4 Å². The molecule has 0 aliphatic rings. The number of alkyl carbamates (subject to hydrolysis) is 1. The van der Waals surface area contributed by atoms with Crippen LogP contribution < -0.4 is 10.1 Å². The Morgan fingerprint density at radius 1 is 0.750 bits per heavy atom. The molecule has 1 N–H and O–H groups in total. The normalized spacial score (nSPS) is 14.8. The van der Waals surface area contributed by atoms with Gasteiger partial charge in [-0.1, -0.05) is 59.7 Å². The first-order valence-electron chi connectivity index (χ1n) is 15.8. The Labute approximate surface area is 280 Å². The molecule has 0 saturated heterocycles. The lowest BCUT2D eigenvalue weighted by Crippen LogP contribution is -2.51. The van der Waals surface area contributed by atoms with Crippen molar-refractivity contribution in [3.63, 3.8) is 0 Å². The standard InChI is InChI=1S/C35H50F6NO5P/c1-30(2,3)47-29(43)42-33(10,23-46-48(44,31(4,5)6)32(7,8)9)20-19-25-15-18-28(27(22-25)35(39,40)41)45-21-11-12-24-13-16-26(17-14-24)34(36,37)38/h13-18,22H,11-12,19-21,23H2,1-10H3,(H,42,43)/t33-/m1/s1. The lowest BCUT2D eigenvalue weighted by molar-refractivity contribution is -0.139. The number of carbonyl (C=O) groups excluding carboxylic acids is 1. The number of aryl methyl sites for hydroxylation is 2. The molecule has 272 valence electrons. The number of carbonyl (C=O) groups is 1. The third-order valence-corrected chi connectivity index (χ3v) is 11.6. The largest absolute Gasteiger partial charge is 0.493 e. The van der Waals surface area contributed by atoms with Crippen molar-refractivity contribution in [2.75, 3.05) is 13.2 Å². The summed E-state index contributed by atoms with van der Waals surface area (Å²) < 4.78 is 112. The van der Waals surface area contributed by atoms with Crippen molar-refractivity contribution in [2.45, 2.75) is 129 Å². The molecule has 0 bridgehead atoms. The second-order valence-corrected chi connectivity index (χ2v) is 19.4. The van der Waals surface area contributed by atoms with Gasteiger partial charge in [0.25, 0.3) is 0 Å². The number of hydrogen-bond acceptors (Lipinski definition) is 5. The maximum Gasteiger partial charge on any atom is 0.419 e. The fraction of sp³-hybridized carbons (Fsp3) is 0.629. The predicted octanol–water partition coefficient (Wildman–Crippen LogP) is 10.8. The van der Waals surface area contributed by atoms with Gasteiger partial charge in [0.2, 0.25) is 7.37 Å². The van der Waals surface area contributed by atoms with E-state index in [0.29, 0.717) is 17.5 Å². The molecule has 2 rings (SSSR count). The van der Waals surface area contributed by atoms with Gasteiger partial charge in [-0.3, -0.25) is 4.57 Å². The van der Waals surface area contributed by atoms with Crippen LogP contribution in [0.15, 0.2) is 42.5 Å². The summed E-state index contributed by atoms with van der Waals surface area (Å²) in [5.74, 6) is -0.368. The maximum atomic E-state index is 14.2. The molecule has 48 heavy (non-hydrogen) atoms. The zero-order valence-corrected chi connectivity index (χ0v) is 30.4. The van der Waals surface area contributed by atoms with Gasteiger partial charge in [-0.25, -0.2) is 4.79 Å². The van der Waals surface area contributed by atoms with Crippen LogP contribution in [0, 0.1) is 0 Å². The van der Waals surface area contributed by atoms with Crippen LogP contribution in [0.4, 0.5) is 31.1 Å². The van der Waals surface area contributed by atoms with Gasteiger partial charge in [-0.15, -0.1) is 0 Å². The van der Waals surface area contributed by atoms with Crippen molar-refractivity contribution in [3.05, 3.63) is 64.7 Å². The summed E-state index contributed by atoms with van der Waals surface area (Å²) in [7, 11) is -3.34. The number of amides is 1. The van der Waals surface area contributed by atoms with E-state index in [1.54, 1.807) is 27.7 Å². The number of hydrogen-bond donors (Lipinski definition) is 1. The summed E-state index contributed by atoms with van der Waals surface area (Å²) in [6.07, 6.45) is -9.09. The van der Waals surface area contributed by atoms with Crippen LogP contribution >= 0.6 is 7.37 Å². The first-order valence-corrected chi connectivity index (χ1v) is 17.4. The quantitative estimate of drug-likeness (QED) is 0.135. The van der Waals surface area contributed by atoms with E-state index >= 15 is 0 Å². The smallest absolute Gasteiger partial charge is 0.419 e. The predicted molar refractivity (Wildman–Crippen MR) is 176 cm³/mol. The van der Waals surface area contributed by atoms with Gasteiger partial charge >= 0.3 is 18.4 Å². The lowest BCUT2D eigenvalue weighted by atomic mass is 9.93. The second kappa shape index (κ2) is 15.0. The molecule has 0 spiro atoms. The van der Waals surface area contributed by atoms with Gasteiger partial charge in [0.1, 0.15) is 11.4 Å². The Morgan fingerprint density at radius 2 is 1.29 bits per heavy atom. The molecule has 2 aromatic carbocycles. The van der Waals surface area contributed by atoms with Crippen LogP contribution in [-0.4, -0.2) is 40.8 Å². The summed E-state index contributed by atoms with van der Waals surface area (Å²) in [6, 6.07) is 8.33. The van der Waals surface area contributed by atoms with Gasteiger partial charge in [-0.2, -0.15) is 26.3 Å². The molecule has 0 aliphatic heterocycles. The van der Waals surface area contributed by atoms with Crippen molar-refractivity contribution in [1.82, 2.24) is 5.32 Å². The molecule has 1 amide bonds.